The highest BCUT2D eigenvalue weighted by atomic mass is 127. The lowest BCUT2D eigenvalue weighted by molar-refractivity contribution is 1.57. The summed E-state index contributed by atoms with van der Waals surface area (Å²) in [7, 11) is 2.02. The molecule has 0 unspecified atom stereocenters. The van der Waals surface area contributed by atoms with Crippen LogP contribution in [0.5, 0.6) is 0 Å². The highest BCUT2D eigenvalue weighted by molar-refractivity contribution is 14.3. The number of benzene rings is 4. The average molecular weight is 674 g/mol. The molecule has 0 nitrogen and oxygen atoms in total. The van der Waals surface area contributed by atoms with Crippen molar-refractivity contribution in [3.8, 4) is 0 Å². The van der Waals surface area contributed by atoms with Crippen LogP contribution in [0.1, 0.15) is 22.3 Å². The molecule has 4 heteroatoms. The van der Waals surface area contributed by atoms with Gasteiger partial charge < -0.3 is 0 Å². The minimum absolute atomic E-state index is 1.23. The van der Waals surface area contributed by atoms with Gasteiger partial charge in [-0.1, -0.05) is 132 Å². The van der Waals surface area contributed by atoms with Gasteiger partial charge in [-0.05, 0) is 25.7 Å². The zero-order valence-corrected chi connectivity index (χ0v) is 23.1. The minimum atomic E-state index is -1.23. The summed E-state index contributed by atoms with van der Waals surface area (Å²) in [6, 6.07) is 43.5. The number of rotatable bonds is 4. The predicted molar refractivity (Wildman–Crippen MR) is 163 cm³/mol. The Balaban J connectivity index is 1.93. The highest BCUT2D eigenvalue weighted by Crippen LogP contribution is 2.87. The van der Waals surface area contributed by atoms with Crippen LogP contribution >= 0.6 is 56.6 Å². The molecule has 0 N–H and O–H groups in total. The summed E-state index contributed by atoms with van der Waals surface area (Å²) in [5.74, 6) is 0. The fourth-order valence-corrected chi connectivity index (χ4v) is 13.7. The first kappa shape index (κ1) is 22.3. The Kier molecular flexibility index (Phi) is 6.83. The van der Waals surface area contributed by atoms with Gasteiger partial charge in [0.05, 0.1) is 0 Å². The van der Waals surface area contributed by atoms with Gasteiger partial charge >= 0.3 is 0 Å². The first-order chi connectivity index (χ1) is 15.6. The van der Waals surface area contributed by atoms with Crippen molar-refractivity contribution in [3.05, 3.63) is 144 Å². The second-order valence-electron chi connectivity index (χ2n) is 7.38. The molecule has 0 aromatic heterocycles. The number of allylic oxidation sites excluding steroid dienone is 2. The summed E-state index contributed by atoms with van der Waals surface area (Å²) in [4.78, 5) is 2.79. The number of hydrogen-bond donors (Lipinski definition) is 0. The number of hydrogen-bond acceptors (Lipinski definition) is 1. The van der Waals surface area contributed by atoms with Crippen molar-refractivity contribution >= 4 is 77.6 Å². The Labute approximate surface area is 219 Å². The first-order valence-corrected chi connectivity index (χ1v) is 18.3. The number of halogens is 2. The van der Waals surface area contributed by atoms with Gasteiger partial charge in [-0.15, -0.1) is 0 Å². The van der Waals surface area contributed by atoms with Crippen LogP contribution in [0.3, 0.4) is 0 Å². The molecule has 32 heavy (non-hydrogen) atoms. The van der Waals surface area contributed by atoms with Crippen LogP contribution in [-0.4, -0.2) is 0 Å². The van der Waals surface area contributed by atoms with Gasteiger partial charge in [0.2, 0.25) is 0 Å². The van der Waals surface area contributed by atoms with E-state index in [9.17, 15) is 0 Å². The molecule has 0 spiro atoms. The monoisotopic (exact) mass is 674 g/mol. The van der Waals surface area contributed by atoms with Crippen molar-refractivity contribution in [2.45, 2.75) is 0 Å². The predicted octanol–water partition coefficient (Wildman–Crippen LogP) is 10.3. The fourth-order valence-electron chi connectivity index (χ4n) is 3.95. The zero-order valence-electron chi connectivity index (χ0n) is 17.1. The Morgan fingerprint density at radius 2 is 0.812 bits per heavy atom. The standard InChI is InChI=1S/C28H20I2S2/c29-32(30)28(24-19-11-4-12-20-24)26(22-15-7-2-8-16-22)25(21-13-5-1-6-14-21)27(31-32)23-17-9-3-10-18-23/h1-20H. The SMILES string of the molecule is IS1(I)SC(c2ccccc2)=C(c2ccccc2)C(c2ccccc2)=C1c1ccccc1. The molecule has 5 rings (SSSR count). The van der Waals surface area contributed by atoms with Gasteiger partial charge in [-0.3, -0.25) is 0 Å². The quantitative estimate of drug-likeness (QED) is 0.153. The van der Waals surface area contributed by atoms with E-state index in [1.54, 1.807) is 0 Å². The van der Waals surface area contributed by atoms with Gasteiger partial charge in [-0.25, -0.2) is 0 Å². The Morgan fingerprint density at radius 1 is 0.438 bits per heavy atom. The van der Waals surface area contributed by atoms with E-state index >= 15 is 0 Å². The van der Waals surface area contributed by atoms with Crippen molar-refractivity contribution < 1.29 is 0 Å². The molecule has 0 bridgehead atoms. The van der Waals surface area contributed by atoms with E-state index in [0.29, 0.717) is 0 Å². The van der Waals surface area contributed by atoms with Crippen LogP contribution in [0.25, 0.3) is 21.0 Å². The van der Waals surface area contributed by atoms with E-state index < -0.39 is 3.40 Å². The van der Waals surface area contributed by atoms with E-state index in [4.69, 9.17) is 0 Å². The first-order valence-electron chi connectivity index (χ1n) is 10.3. The summed E-state index contributed by atoms with van der Waals surface area (Å²) in [5, 5.41) is 0. The summed E-state index contributed by atoms with van der Waals surface area (Å²) < 4.78 is -1.23. The third-order valence-electron chi connectivity index (χ3n) is 5.33. The molecule has 4 aromatic carbocycles. The van der Waals surface area contributed by atoms with Gasteiger partial charge in [0.15, 0.2) is 0 Å². The molecule has 4 aromatic rings. The maximum Gasteiger partial charge on any atom is 0.0342 e. The fraction of sp³-hybridized carbons (Fsp3) is 0. The molecule has 0 saturated carbocycles. The van der Waals surface area contributed by atoms with Crippen LogP contribution in [-0.2, 0) is 0 Å². The Morgan fingerprint density at radius 3 is 1.28 bits per heavy atom. The molecule has 1 aliphatic heterocycles. The lowest BCUT2D eigenvalue weighted by atomic mass is 9.89. The average Bonchev–Trinajstić information content (AvgIpc) is 2.85. The van der Waals surface area contributed by atoms with Crippen LogP contribution in [0.2, 0.25) is 0 Å². The van der Waals surface area contributed by atoms with Crippen molar-refractivity contribution in [2.75, 3.05) is 0 Å². The van der Waals surface area contributed by atoms with Gasteiger partial charge in [0.1, 0.15) is 0 Å². The molecule has 1 heterocycles. The summed E-state index contributed by atoms with van der Waals surface area (Å²) >= 11 is 5.42. The van der Waals surface area contributed by atoms with Crippen LogP contribution in [0, 0.1) is 0 Å². The smallest absolute Gasteiger partial charge is 0.0342 e. The summed E-state index contributed by atoms with van der Waals surface area (Å²) in [6.07, 6.45) is 0. The molecular formula is C28H20I2S2. The maximum atomic E-state index is 2.71. The van der Waals surface area contributed by atoms with Gasteiger partial charge in [0.25, 0.3) is 0 Å². The molecule has 0 radical (unpaired) electrons. The molecule has 0 fully saturated rings. The Bertz CT molecular complexity index is 1280. The molecule has 0 atom stereocenters. The van der Waals surface area contributed by atoms with E-state index in [-0.39, 0.29) is 0 Å². The largest absolute Gasteiger partial charge is 0.0622 e. The molecule has 0 aliphatic carbocycles. The van der Waals surface area contributed by atoms with E-state index in [1.165, 1.54) is 43.2 Å². The lowest BCUT2D eigenvalue weighted by Gasteiger charge is -2.38. The molecule has 0 saturated heterocycles. The molecular weight excluding hydrogens is 654 g/mol. The normalized spacial score (nSPS) is 16.7. The molecule has 0 amide bonds. The van der Waals surface area contributed by atoms with E-state index in [2.05, 4.69) is 164 Å². The van der Waals surface area contributed by atoms with E-state index in [0.717, 1.165) is 0 Å². The second kappa shape index (κ2) is 9.79. The zero-order chi connectivity index (χ0) is 22.0. The van der Waals surface area contributed by atoms with Crippen molar-refractivity contribution in [2.24, 2.45) is 0 Å². The van der Waals surface area contributed by atoms with Crippen LogP contribution in [0.15, 0.2) is 121 Å². The third kappa shape index (κ3) is 4.47. The third-order valence-corrected chi connectivity index (χ3v) is 14.6. The summed E-state index contributed by atoms with van der Waals surface area (Å²) in [5.41, 5.74) is 7.78. The highest BCUT2D eigenvalue weighted by Gasteiger charge is 2.37. The minimum Gasteiger partial charge on any atom is -0.0622 e. The molecule has 158 valence electrons. The lowest BCUT2D eigenvalue weighted by Crippen LogP contribution is -2.04. The maximum absolute atomic E-state index is 2.71. The van der Waals surface area contributed by atoms with Crippen molar-refractivity contribution in [1.29, 1.82) is 0 Å². The van der Waals surface area contributed by atoms with Gasteiger partial charge in [-0.2, -0.15) is 0 Å². The van der Waals surface area contributed by atoms with Crippen LogP contribution < -0.4 is 0 Å². The second-order valence-corrected chi connectivity index (χ2v) is 27.8. The van der Waals surface area contributed by atoms with Crippen LogP contribution in [0.4, 0.5) is 0 Å². The van der Waals surface area contributed by atoms with E-state index in [1.807, 2.05) is 10.8 Å². The Hall–Kier alpha value is -1.48. The summed E-state index contributed by atoms with van der Waals surface area (Å²) in [6.45, 7) is 0. The van der Waals surface area contributed by atoms with Crippen molar-refractivity contribution in [3.63, 3.8) is 0 Å². The topological polar surface area (TPSA) is 0 Å². The van der Waals surface area contributed by atoms with Crippen molar-refractivity contribution in [1.82, 2.24) is 0 Å². The molecule has 1 aliphatic rings. The van der Waals surface area contributed by atoms with Gasteiger partial charge in [0, 0.05) is 63.4 Å².